The molecular weight excluding hydrogens is 455 g/mol. The molecule has 2 amide bonds. The van der Waals surface area contributed by atoms with E-state index in [4.69, 9.17) is 0 Å². The van der Waals surface area contributed by atoms with E-state index in [-0.39, 0.29) is 36.1 Å². The zero-order chi connectivity index (χ0) is 25.7. The first-order valence-electron chi connectivity index (χ1n) is 11.9. The summed E-state index contributed by atoms with van der Waals surface area (Å²) in [6, 6.07) is 24.9. The van der Waals surface area contributed by atoms with E-state index in [9.17, 15) is 14.0 Å². The summed E-state index contributed by atoms with van der Waals surface area (Å²) in [6.07, 6.45) is 1.79. The van der Waals surface area contributed by atoms with E-state index in [1.807, 2.05) is 81.4 Å². The number of nitrogens with zero attached hydrogens (tertiary/aromatic N) is 3. The van der Waals surface area contributed by atoms with Gasteiger partial charge >= 0.3 is 0 Å². The Morgan fingerprint density at radius 3 is 2.14 bits per heavy atom. The first-order valence-corrected chi connectivity index (χ1v) is 11.9. The summed E-state index contributed by atoms with van der Waals surface area (Å²) in [6.45, 7) is 5.52. The number of carbonyl (C=O) groups is 2. The highest BCUT2D eigenvalue weighted by Gasteiger charge is 2.26. The Morgan fingerprint density at radius 2 is 1.53 bits per heavy atom. The minimum absolute atomic E-state index is 0.110. The highest BCUT2D eigenvalue weighted by Crippen LogP contribution is 2.25. The van der Waals surface area contributed by atoms with Crippen molar-refractivity contribution >= 4 is 17.8 Å². The molecule has 1 aromatic heterocycles. The number of benzene rings is 3. The molecule has 1 atom stereocenters. The summed E-state index contributed by atoms with van der Waals surface area (Å²) >= 11 is 0. The fourth-order valence-corrected chi connectivity index (χ4v) is 3.98. The van der Waals surface area contributed by atoms with Gasteiger partial charge in [0.05, 0.1) is 11.6 Å². The van der Waals surface area contributed by atoms with Gasteiger partial charge in [0.15, 0.2) is 0 Å². The van der Waals surface area contributed by atoms with Gasteiger partial charge in [-0.05, 0) is 62.7 Å². The third-order valence-corrected chi connectivity index (χ3v) is 6.02. The largest absolute Gasteiger partial charge is 0.330 e. The van der Waals surface area contributed by atoms with Crippen LogP contribution in [0.5, 0.6) is 0 Å². The molecule has 0 fully saturated rings. The second-order valence-corrected chi connectivity index (χ2v) is 8.90. The van der Waals surface area contributed by atoms with Gasteiger partial charge in [-0.1, -0.05) is 48.5 Å². The minimum atomic E-state index is -0.377. The Kier molecular flexibility index (Phi) is 7.59. The van der Waals surface area contributed by atoms with Crippen molar-refractivity contribution in [3.63, 3.8) is 0 Å². The molecule has 0 aliphatic rings. The maximum Gasteiger partial charge on any atom is 0.246 e. The predicted octanol–water partition coefficient (Wildman–Crippen LogP) is 5.66. The average Bonchev–Trinajstić information content (AvgIpc) is 3.31. The van der Waals surface area contributed by atoms with Gasteiger partial charge in [-0.15, -0.1) is 0 Å². The summed E-state index contributed by atoms with van der Waals surface area (Å²) < 4.78 is 15.2. The molecule has 1 heterocycles. The quantitative estimate of drug-likeness (QED) is 0.351. The van der Waals surface area contributed by atoms with E-state index in [1.54, 1.807) is 27.8 Å². The number of amides is 2. The molecule has 0 unspecified atom stereocenters. The molecule has 4 rings (SSSR count). The smallest absolute Gasteiger partial charge is 0.246 e. The number of carbonyl (C=O) groups excluding carboxylic acids is 2. The van der Waals surface area contributed by atoms with Crippen LogP contribution < -0.4 is 5.32 Å². The van der Waals surface area contributed by atoms with Crippen LogP contribution in [-0.4, -0.2) is 38.9 Å². The van der Waals surface area contributed by atoms with Crippen LogP contribution >= 0.6 is 0 Å². The third-order valence-electron chi connectivity index (χ3n) is 6.02. The molecule has 0 bridgehead atoms. The van der Waals surface area contributed by atoms with E-state index < -0.39 is 0 Å². The van der Waals surface area contributed by atoms with Crippen LogP contribution in [-0.2, 0) is 9.59 Å². The maximum absolute atomic E-state index is 13.4. The molecule has 0 saturated carbocycles. The highest BCUT2D eigenvalue weighted by atomic mass is 19.1. The molecule has 184 valence electrons. The summed E-state index contributed by atoms with van der Waals surface area (Å²) in [5.41, 5.74) is 3.01. The van der Waals surface area contributed by atoms with Crippen molar-refractivity contribution < 1.29 is 14.0 Å². The van der Waals surface area contributed by atoms with E-state index >= 15 is 0 Å². The zero-order valence-corrected chi connectivity index (χ0v) is 20.6. The average molecular weight is 485 g/mol. The van der Waals surface area contributed by atoms with Gasteiger partial charge in [0, 0.05) is 23.5 Å². The number of imidazole rings is 1. The van der Waals surface area contributed by atoms with Crippen LogP contribution in [0, 0.1) is 5.82 Å². The molecule has 3 aromatic carbocycles. The van der Waals surface area contributed by atoms with Gasteiger partial charge in [-0.2, -0.15) is 0 Å². The van der Waals surface area contributed by atoms with Gasteiger partial charge in [-0.25, -0.2) is 9.37 Å². The molecule has 0 saturated heterocycles. The van der Waals surface area contributed by atoms with Crippen molar-refractivity contribution in [1.29, 1.82) is 0 Å². The zero-order valence-electron chi connectivity index (χ0n) is 20.6. The second-order valence-electron chi connectivity index (χ2n) is 8.90. The Morgan fingerprint density at radius 1 is 0.917 bits per heavy atom. The topological polar surface area (TPSA) is 67.2 Å². The van der Waals surface area contributed by atoms with Crippen LogP contribution in [0.25, 0.3) is 16.9 Å². The summed E-state index contributed by atoms with van der Waals surface area (Å²) in [5.74, 6) is -0.871. The monoisotopic (exact) mass is 484 g/mol. The summed E-state index contributed by atoms with van der Waals surface area (Å²) in [4.78, 5) is 32.6. The van der Waals surface area contributed by atoms with Crippen LogP contribution in [0.2, 0.25) is 0 Å². The number of hydrogen-bond donors (Lipinski definition) is 1. The Balaban J connectivity index is 1.58. The third kappa shape index (κ3) is 5.68. The molecule has 0 aliphatic carbocycles. The Bertz CT molecular complexity index is 1320. The lowest BCUT2D eigenvalue weighted by Crippen LogP contribution is -2.44. The molecule has 0 spiro atoms. The van der Waals surface area contributed by atoms with Crippen molar-refractivity contribution in [2.75, 3.05) is 11.9 Å². The first-order chi connectivity index (χ1) is 17.3. The van der Waals surface area contributed by atoms with E-state index in [2.05, 4.69) is 10.3 Å². The molecule has 4 aromatic rings. The summed E-state index contributed by atoms with van der Waals surface area (Å²) in [5, 5.41) is 2.87. The number of aromatic nitrogens is 2. The second kappa shape index (κ2) is 11.0. The Labute approximate surface area is 210 Å². The number of hydrogen-bond acceptors (Lipinski definition) is 3. The standard InChI is InChI=1S/C29H29FN4O2/c1-20(2)33(28(36)21(3)22-10-6-4-7-11-22)19-27(35)32-29-31-26(23-14-16-24(30)17-15-23)18-34(29)25-12-8-5-9-13-25/h4-18,20-21H,19H2,1-3H3,(H,31,32,35)/t21-/m1/s1. The van der Waals surface area contributed by atoms with Crippen LogP contribution in [0.15, 0.2) is 91.1 Å². The number of nitrogens with one attached hydrogen (secondary N) is 1. The van der Waals surface area contributed by atoms with Crippen molar-refractivity contribution in [2.45, 2.75) is 32.7 Å². The SMILES string of the molecule is CC(C)N(CC(=O)Nc1nc(-c2ccc(F)cc2)cn1-c1ccccc1)C(=O)[C@H](C)c1ccccc1. The molecule has 36 heavy (non-hydrogen) atoms. The fraction of sp³-hybridized carbons (Fsp3) is 0.207. The molecule has 7 heteroatoms. The van der Waals surface area contributed by atoms with E-state index in [1.165, 1.54) is 12.1 Å². The predicted molar refractivity (Wildman–Crippen MR) is 139 cm³/mol. The highest BCUT2D eigenvalue weighted by molar-refractivity contribution is 5.95. The van der Waals surface area contributed by atoms with Gasteiger partial charge < -0.3 is 4.90 Å². The number of halogens is 1. The van der Waals surface area contributed by atoms with E-state index in [0.717, 1.165) is 16.8 Å². The summed E-state index contributed by atoms with van der Waals surface area (Å²) in [7, 11) is 0. The lowest BCUT2D eigenvalue weighted by atomic mass is 9.99. The van der Waals surface area contributed by atoms with Crippen molar-refractivity contribution in [2.24, 2.45) is 0 Å². The number of anilines is 1. The number of para-hydroxylation sites is 1. The van der Waals surface area contributed by atoms with Gasteiger partial charge in [0.25, 0.3) is 0 Å². The first kappa shape index (κ1) is 24.9. The van der Waals surface area contributed by atoms with Gasteiger partial charge in [-0.3, -0.25) is 19.5 Å². The molecule has 6 nitrogen and oxygen atoms in total. The minimum Gasteiger partial charge on any atom is -0.330 e. The van der Waals surface area contributed by atoms with Gasteiger partial charge in [0.1, 0.15) is 12.4 Å². The molecule has 1 N–H and O–H groups in total. The maximum atomic E-state index is 13.4. The van der Waals surface area contributed by atoms with Crippen LogP contribution in [0.4, 0.5) is 10.3 Å². The molecule has 0 radical (unpaired) electrons. The lowest BCUT2D eigenvalue weighted by molar-refractivity contribution is -0.137. The van der Waals surface area contributed by atoms with E-state index in [0.29, 0.717) is 11.6 Å². The lowest BCUT2D eigenvalue weighted by Gasteiger charge is -2.29. The Hall–Kier alpha value is -4.26. The van der Waals surface area contributed by atoms with Crippen LogP contribution in [0.3, 0.4) is 0 Å². The van der Waals surface area contributed by atoms with Crippen molar-refractivity contribution in [3.05, 3.63) is 103 Å². The molecule has 0 aliphatic heterocycles. The number of rotatable bonds is 8. The van der Waals surface area contributed by atoms with Gasteiger partial charge in [0.2, 0.25) is 17.8 Å². The van der Waals surface area contributed by atoms with Crippen molar-refractivity contribution in [3.8, 4) is 16.9 Å². The van der Waals surface area contributed by atoms with Crippen molar-refractivity contribution in [1.82, 2.24) is 14.5 Å². The normalized spacial score (nSPS) is 11.8. The molecular formula is C29H29FN4O2. The van der Waals surface area contributed by atoms with Crippen LogP contribution in [0.1, 0.15) is 32.3 Å². The fourth-order valence-electron chi connectivity index (χ4n) is 3.98.